The topological polar surface area (TPSA) is 66.0 Å². The number of rotatable bonds is 14. The van der Waals surface area contributed by atoms with Crippen LogP contribution in [0.2, 0.25) is 0 Å². The molecule has 0 bridgehead atoms. The molecule has 212 valence electrons. The van der Waals surface area contributed by atoms with E-state index >= 15 is 0 Å². The molecule has 0 amide bonds. The molecule has 0 spiro atoms. The predicted octanol–water partition coefficient (Wildman–Crippen LogP) is 6.76. The van der Waals surface area contributed by atoms with Crippen molar-refractivity contribution in [3.63, 3.8) is 0 Å². The van der Waals surface area contributed by atoms with Crippen molar-refractivity contribution in [3.05, 3.63) is 126 Å². The van der Waals surface area contributed by atoms with Crippen molar-refractivity contribution in [2.24, 2.45) is 0 Å². The molecule has 0 fully saturated rings. The van der Waals surface area contributed by atoms with E-state index in [2.05, 4.69) is 12.1 Å². The molecular formula is C33H31F2NO5. The second-order valence-corrected chi connectivity index (χ2v) is 9.02. The number of esters is 1. The van der Waals surface area contributed by atoms with E-state index in [0.29, 0.717) is 23.8 Å². The maximum atomic E-state index is 13.2. The lowest BCUT2D eigenvalue weighted by atomic mass is 10.0. The quantitative estimate of drug-likeness (QED) is 0.105. The Bertz CT molecular complexity index is 1410. The van der Waals surface area contributed by atoms with Crippen LogP contribution >= 0.6 is 0 Å². The number of nitrogens with one attached hydrogen (secondary N) is 1. The lowest BCUT2D eigenvalue weighted by Crippen LogP contribution is -2.31. The number of ether oxygens (including phenoxy) is 3. The first kappa shape index (κ1) is 29.3. The molecule has 1 N–H and O–H groups in total. The first-order valence-electron chi connectivity index (χ1n) is 13.1. The van der Waals surface area contributed by atoms with Crippen LogP contribution in [0.3, 0.4) is 0 Å². The number of hydrogen-bond acceptors (Lipinski definition) is 6. The van der Waals surface area contributed by atoms with Crippen molar-refractivity contribution < 1.29 is 32.6 Å². The highest BCUT2D eigenvalue weighted by molar-refractivity contribution is 5.75. The summed E-state index contributed by atoms with van der Waals surface area (Å²) in [5, 5.41) is 0. The minimum Gasteiger partial charge on any atom is -0.491 e. The summed E-state index contributed by atoms with van der Waals surface area (Å²) in [6.45, 7) is 6.51. The van der Waals surface area contributed by atoms with Crippen LogP contribution in [-0.4, -0.2) is 31.9 Å². The Hall–Kier alpha value is -4.69. The molecule has 0 aliphatic heterocycles. The lowest BCUT2D eigenvalue weighted by molar-refractivity contribution is -0.151. The van der Waals surface area contributed by atoms with Gasteiger partial charge in [-0.2, -0.15) is 0 Å². The zero-order chi connectivity index (χ0) is 29.0. The van der Waals surface area contributed by atoms with E-state index in [9.17, 15) is 13.6 Å². The van der Waals surface area contributed by atoms with Gasteiger partial charge in [0.15, 0.2) is 6.10 Å². The monoisotopic (exact) mass is 559 g/mol. The summed E-state index contributed by atoms with van der Waals surface area (Å²) in [5.74, 6) is -0.133. The van der Waals surface area contributed by atoms with Gasteiger partial charge in [0.25, 0.3) is 0 Å². The van der Waals surface area contributed by atoms with Crippen molar-refractivity contribution in [2.45, 2.75) is 19.4 Å². The molecule has 4 aromatic rings. The van der Waals surface area contributed by atoms with E-state index in [1.54, 1.807) is 31.2 Å². The van der Waals surface area contributed by atoms with Gasteiger partial charge in [-0.1, -0.05) is 55.1 Å². The minimum absolute atomic E-state index is 0.225. The molecule has 1 unspecified atom stereocenters. The normalized spacial score (nSPS) is 11.4. The number of carbonyl (C=O) groups is 1. The van der Waals surface area contributed by atoms with Gasteiger partial charge in [0.1, 0.15) is 36.3 Å². The molecule has 6 nitrogen and oxygen atoms in total. The van der Waals surface area contributed by atoms with E-state index in [4.69, 9.17) is 19.0 Å². The van der Waals surface area contributed by atoms with Crippen LogP contribution in [0.5, 0.6) is 11.5 Å². The fourth-order valence-corrected chi connectivity index (χ4v) is 3.93. The minimum atomic E-state index is -0.876. The Kier molecular flexibility index (Phi) is 10.5. The SMILES string of the molecule is C=C(NOCCOc1ccc(CC(Oc2ccc(F)cc2)C(=O)OCC)cc1)c1ccc(-c2ccc(F)cc2)cc1. The molecule has 4 aromatic carbocycles. The number of benzene rings is 4. The Balaban J connectivity index is 1.20. The fraction of sp³-hybridized carbons (Fsp3) is 0.182. The molecule has 41 heavy (non-hydrogen) atoms. The molecule has 0 aliphatic rings. The largest absolute Gasteiger partial charge is 0.491 e. The van der Waals surface area contributed by atoms with E-state index in [-0.39, 0.29) is 31.3 Å². The average molecular weight is 560 g/mol. The highest BCUT2D eigenvalue weighted by atomic mass is 19.1. The maximum Gasteiger partial charge on any atom is 0.347 e. The number of carbonyl (C=O) groups excluding carboxylic acids is 1. The summed E-state index contributed by atoms with van der Waals surface area (Å²) in [7, 11) is 0. The molecule has 0 aromatic heterocycles. The molecular weight excluding hydrogens is 528 g/mol. The Morgan fingerprint density at radius 1 is 0.780 bits per heavy atom. The van der Waals surface area contributed by atoms with Crippen molar-refractivity contribution in [1.82, 2.24) is 5.48 Å². The summed E-state index contributed by atoms with van der Waals surface area (Å²) in [4.78, 5) is 17.9. The fourth-order valence-electron chi connectivity index (χ4n) is 3.93. The Morgan fingerprint density at radius 3 is 1.95 bits per heavy atom. The summed E-state index contributed by atoms with van der Waals surface area (Å²) < 4.78 is 43.0. The molecule has 0 saturated carbocycles. The highest BCUT2D eigenvalue weighted by Crippen LogP contribution is 2.22. The van der Waals surface area contributed by atoms with Gasteiger partial charge in [-0.15, -0.1) is 0 Å². The van der Waals surface area contributed by atoms with Gasteiger partial charge in [0, 0.05) is 6.42 Å². The Labute approximate surface area is 238 Å². The van der Waals surface area contributed by atoms with Crippen LogP contribution in [0.1, 0.15) is 18.1 Å². The van der Waals surface area contributed by atoms with Crippen molar-refractivity contribution in [1.29, 1.82) is 0 Å². The second-order valence-electron chi connectivity index (χ2n) is 9.02. The Morgan fingerprint density at radius 2 is 1.34 bits per heavy atom. The standard InChI is InChI=1S/C33H31F2NO5/c1-3-38-33(37)32(41-31-18-14-29(35)15-19-31)22-24-4-16-30(17-5-24)39-20-21-40-36-23(2)25-6-8-26(9-7-25)27-10-12-28(34)13-11-27/h4-19,32,36H,2-3,20-22H2,1H3. The van der Waals surface area contributed by atoms with Crippen LogP contribution in [0, 0.1) is 11.6 Å². The summed E-state index contributed by atoms with van der Waals surface area (Å²) >= 11 is 0. The number of hydroxylamine groups is 1. The van der Waals surface area contributed by atoms with E-state index < -0.39 is 12.1 Å². The van der Waals surface area contributed by atoms with Gasteiger partial charge >= 0.3 is 5.97 Å². The van der Waals surface area contributed by atoms with Crippen LogP contribution in [0.4, 0.5) is 8.78 Å². The molecule has 1 atom stereocenters. The third kappa shape index (κ3) is 8.91. The first-order chi connectivity index (χ1) is 19.9. The van der Waals surface area contributed by atoms with Crippen molar-refractivity contribution >= 4 is 11.7 Å². The first-order valence-corrected chi connectivity index (χ1v) is 13.1. The van der Waals surface area contributed by atoms with Gasteiger partial charge in [0.2, 0.25) is 0 Å². The van der Waals surface area contributed by atoms with Gasteiger partial charge in [-0.25, -0.2) is 13.6 Å². The highest BCUT2D eigenvalue weighted by Gasteiger charge is 2.22. The third-order valence-corrected chi connectivity index (χ3v) is 6.05. The van der Waals surface area contributed by atoms with E-state index in [0.717, 1.165) is 22.3 Å². The zero-order valence-electron chi connectivity index (χ0n) is 22.6. The molecule has 4 rings (SSSR count). The van der Waals surface area contributed by atoms with Gasteiger partial charge < -0.3 is 14.2 Å². The lowest BCUT2D eigenvalue weighted by Gasteiger charge is -2.18. The van der Waals surface area contributed by atoms with Crippen LogP contribution < -0.4 is 15.0 Å². The molecule has 0 radical (unpaired) electrons. The van der Waals surface area contributed by atoms with Crippen LogP contribution in [0.25, 0.3) is 16.8 Å². The predicted molar refractivity (Wildman–Crippen MR) is 153 cm³/mol. The van der Waals surface area contributed by atoms with Gasteiger partial charge in [-0.3, -0.25) is 10.3 Å². The summed E-state index contributed by atoms with van der Waals surface area (Å²) in [6.07, 6.45) is -0.602. The second kappa shape index (κ2) is 14.6. The maximum absolute atomic E-state index is 13.2. The molecule has 8 heteroatoms. The van der Waals surface area contributed by atoms with E-state index in [1.807, 2.05) is 36.4 Å². The smallest absolute Gasteiger partial charge is 0.347 e. The molecule has 0 aliphatic carbocycles. The van der Waals surface area contributed by atoms with Gasteiger partial charge in [-0.05, 0) is 77.7 Å². The number of hydrogen-bond donors (Lipinski definition) is 1. The summed E-state index contributed by atoms with van der Waals surface area (Å²) in [5.41, 5.74) is 7.02. The van der Waals surface area contributed by atoms with Gasteiger partial charge in [0.05, 0.1) is 12.3 Å². The van der Waals surface area contributed by atoms with Crippen molar-refractivity contribution in [2.75, 3.05) is 19.8 Å². The molecule has 0 saturated heterocycles. The van der Waals surface area contributed by atoms with Crippen molar-refractivity contribution in [3.8, 4) is 22.6 Å². The average Bonchev–Trinajstić information content (AvgIpc) is 2.99. The van der Waals surface area contributed by atoms with E-state index in [1.165, 1.54) is 36.4 Å². The van der Waals surface area contributed by atoms with Crippen LogP contribution in [0.15, 0.2) is 104 Å². The number of halogens is 2. The summed E-state index contributed by atoms with van der Waals surface area (Å²) in [6, 6.07) is 26.8. The third-order valence-electron chi connectivity index (χ3n) is 6.05. The molecule has 0 heterocycles. The zero-order valence-corrected chi connectivity index (χ0v) is 22.6. The van der Waals surface area contributed by atoms with Crippen LogP contribution in [-0.2, 0) is 20.8 Å².